The first-order chi connectivity index (χ1) is 13.1. The first-order valence-electron chi connectivity index (χ1n) is 8.49. The third kappa shape index (κ3) is 3.71. The first-order valence-corrected chi connectivity index (χ1v) is 8.49. The van der Waals surface area contributed by atoms with E-state index in [2.05, 4.69) is 0 Å². The average Bonchev–Trinajstić information content (AvgIpc) is 2.98. The molecule has 2 aromatic carbocycles. The van der Waals surface area contributed by atoms with Crippen molar-refractivity contribution < 1.29 is 23.2 Å². The molecule has 0 N–H and O–H groups in total. The zero-order valence-electron chi connectivity index (χ0n) is 15.5. The molecule has 0 fully saturated rings. The summed E-state index contributed by atoms with van der Waals surface area (Å²) in [5.41, 5.74) is -0.757. The van der Waals surface area contributed by atoms with Gasteiger partial charge in [0.15, 0.2) is 0 Å². The molecule has 0 spiro atoms. The average molecular weight is 388 g/mol. The maximum absolute atomic E-state index is 13.5. The Kier molecular flexibility index (Phi) is 4.89. The van der Waals surface area contributed by atoms with Crippen molar-refractivity contribution in [3.63, 3.8) is 0 Å². The van der Waals surface area contributed by atoms with Gasteiger partial charge in [-0.2, -0.15) is 0 Å². The van der Waals surface area contributed by atoms with Crippen LogP contribution in [0, 0.1) is 10.1 Å². The number of benzene rings is 2. The van der Waals surface area contributed by atoms with Crippen LogP contribution in [-0.4, -0.2) is 21.2 Å². The third-order valence-corrected chi connectivity index (χ3v) is 4.05. The highest BCUT2D eigenvalue weighted by Gasteiger charge is 2.26. The Bertz CT molecular complexity index is 1070. The molecule has 0 amide bonds. The molecule has 1 aromatic heterocycles. The van der Waals surface area contributed by atoms with Crippen LogP contribution in [0.3, 0.4) is 0 Å². The Labute approximate surface area is 159 Å². The Hall–Kier alpha value is -3.29. The zero-order chi connectivity index (χ0) is 20.6. The fraction of sp³-hybridized carbons (Fsp3) is 0.250. The number of fused-ring (bicyclic) bond motifs is 1. The highest BCUT2D eigenvalue weighted by atomic mass is 19.3. The van der Waals surface area contributed by atoms with E-state index in [0.29, 0.717) is 5.39 Å². The number of ether oxygens (including phenoxy) is 1. The minimum absolute atomic E-state index is 0.155. The monoisotopic (exact) mass is 388 g/mol. The smallest absolute Gasteiger partial charge is 0.419 e. The van der Waals surface area contributed by atoms with Crippen molar-refractivity contribution in [2.75, 3.05) is 0 Å². The summed E-state index contributed by atoms with van der Waals surface area (Å²) in [5, 5.41) is 11.7. The van der Waals surface area contributed by atoms with E-state index in [-0.39, 0.29) is 28.0 Å². The molecule has 3 rings (SSSR count). The number of hydrogen-bond donors (Lipinski definition) is 0. The van der Waals surface area contributed by atoms with Crippen molar-refractivity contribution in [2.45, 2.75) is 32.8 Å². The minimum Gasteiger partial charge on any atom is -0.443 e. The summed E-state index contributed by atoms with van der Waals surface area (Å²) in [7, 11) is 0. The van der Waals surface area contributed by atoms with E-state index in [0.717, 1.165) is 4.57 Å². The van der Waals surface area contributed by atoms with Crippen LogP contribution in [0.2, 0.25) is 0 Å². The SMILES string of the molecule is CC(C)(C)OC(=O)n1c(-c2ccccc2C(F)F)cc2ccc([N+](=O)[O-])cc21. The summed E-state index contributed by atoms with van der Waals surface area (Å²) >= 11 is 0. The molecular formula is C20H18F2N2O4. The second-order valence-electron chi connectivity index (χ2n) is 7.23. The summed E-state index contributed by atoms with van der Waals surface area (Å²) in [6.07, 6.45) is -3.56. The highest BCUT2D eigenvalue weighted by molar-refractivity contribution is 5.97. The normalized spacial score (nSPS) is 11.8. The summed E-state index contributed by atoms with van der Waals surface area (Å²) in [4.78, 5) is 23.4. The number of alkyl halides is 2. The van der Waals surface area contributed by atoms with Crippen molar-refractivity contribution >= 4 is 22.7 Å². The van der Waals surface area contributed by atoms with Gasteiger partial charge in [0.05, 0.1) is 16.1 Å². The summed E-state index contributed by atoms with van der Waals surface area (Å²) < 4.78 is 33.6. The van der Waals surface area contributed by atoms with Crippen LogP contribution >= 0.6 is 0 Å². The van der Waals surface area contributed by atoms with Gasteiger partial charge in [-0.05, 0) is 32.9 Å². The van der Waals surface area contributed by atoms with Gasteiger partial charge in [-0.25, -0.2) is 18.1 Å². The summed E-state index contributed by atoms with van der Waals surface area (Å²) in [6.45, 7) is 5.02. The predicted molar refractivity (Wildman–Crippen MR) is 101 cm³/mol. The van der Waals surface area contributed by atoms with Crippen LogP contribution in [0.25, 0.3) is 22.2 Å². The Morgan fingerprint density at radius 1 is 1.14 bits per heavy atom. The number of aromatic nitrogens is 1. The van der Waals surface area contributed by atoms with E-state index in [4.69, 9.17) is 4.74 Å². The number of halogens is 2. The molecule has 0 saturated heterocycles. The van der Waals surface area contributed by atoms with Crippen LogP contribution in [-0.2, 0) is 4.74 Å². The maximum Gasteiger partial charge on any atom is 0.419 e. The molecule has 0 atom stereocenters. The fourth-order valence-corrected chi connectivity index (χ4v) is 2.93. The highest BCUT2D eigenvalue weighted by Crippen LogP contribution is 2.36. The Morgan fingerprint density at radius 2 is 1.82 bits per heavy atom. The van der Waals surface area contributed by atoms with Crippen molar-refractivity contribution in [3.05, 3.63) is 64.2 Å². The maximum atomic E-state index is 13.5. The summed E-state index contributed by atoms with van der Waals surface area (Å²) in [5.74, 6) is 0. The molecule has 0 saturated carbocycles. The van der Waals surface area contributed by atoms with Crippen LogP contribution < -0.4 is 0 Å². The Balaban J connectivity index is 2.32. The van der Waals surface area contributed by atoms with Crippen molar-refractivity contribution in [2.24, 2.45) is 0 Å². The van der Waals surface area contributed by atoms with Gasteiger partial charge in [-0.1, -0.05) is 24.3 Å². The van der Waals surface area contributed by atoms with Crippen LogP contribution in [0.5, 0.6) is 0 Å². The molecule has 28 heavy (non-hydrogen) atoms. The first kappa shape index (κ1) is 19.5. The molecule has 3 aromatic rings. The molecule has 0 aliphatic carbocycles. The van der Waals surface area contributed by atoms with E-state index in [9.17, 15) is 23.7 Å². The topological polar surface area (TPSA) is 74.4 Å². The molecule has 0 aliphatic heterocycles. The molecule has 0 aliphatic rings. The quantitative estimate of drug-likeness (QED) is 0.411. The number of carbonyl (C=O) groups excluding carboxylic acids is 1. The van der Waals surface area contributed by atoms with E-state index in [1.165, 1.54) is 36.4 Å². The standard InChI is InChI=1S/C20H18F2N2O4/c1-20(2,3)28-19(25)23-16-11-13(24(26)27)9-8-12(16)10-17(23)14-6-4-5-7-15(14)18(21)22/h4-11,18H,1-3H3. The number of nitro groups is 1. The van der Waals surface area contributed by atoms with Crippen molar-refractivity contribution in [3.8, 4) is 11.3 Å². The zero-order valence-corrected chi connectivity index (χ0v) is 15.5. The largest absolute Gasteiger partial charge is 0.443 e. The van der Waals surface area contributed by atoms with Crippen molar-refractivity contribution in [1.29, 1.82) is 0 Å². The van der Waals surface area contributed by atoms with Gasteiger partial charge in [-0.15, -0.1) is 0 Å². The molecule has 1 heterocycles. The van der Waals surface area contributed by atoms with Gasteiger partial charge >= 0.3 is 6.09 Å². The van der Waals surface area contributed by atoms with Gasteiger partial charge in [-0.3, -0.25) is 10.1 Å². The molecule has 0 unspecified atom stereocenters. The van der Waals surface area contributed by atoms with Crippen LogP contribution in [0.4, 0.5) is 19.3 Å². The lowest BCUT2D eigenvalue weighted by molar-refractivity contribution is -0.384. The van der Waals surface area contributed by atoms with Gasteiger partial charge in [0.25, 0.3) is 12.1 Å². The van der Waals surface area contributed by atoms with E-state index >= 15 is 0 Å². The number of non-ortho nitro benzene ring substituents is 1. The number of nitrogens with zero attached hydrogens (tertiary/aromatic N) is 2. The second kappa shape index (κ2) is 7.03. The molecule has 8 heteroatoms. The molecule has 0 radical (unpaired) electrons. The van der Waals surface area contributed by atoms with Gasteiger partial charge in [0.2, 0.25) is 0 Å². The Morgan fingerprint density at radius 3 is 2.43 bits per heavy atom. The minimum atomic E-state index is -2.75. The number of carbonyl (C=O) groups is 1. The number of nitro benzene ring substituents is 1. The lowest BCUT2D eigenvalue weighted by Crippen LogP contribution is -2.27. The van der Waals surface area contributed by atoms with E-state index in [1.807, 2.05) is 0 Å². The lowest BCUT2D eigenvalue weighted by atomic mass is 10.0. The predicted octanol–water partition coefficient (Wildman–Crippen LogP) is 5.94. The van der Waals surface area contributed by atoms with Crippen molar-refractivity contribution in [1.82, 2.24) is 4.57 Å². The van der Waals surface area contributed by atoms with E-state index in [1.54, 1.807) is 32.9 Å². The third-order valence-electron chi connectivity index (χ3n) is 4.05. The molecule has 0 bridgehead atoms. The van der Waals surface area contributed by atoms with Gasteiger partial charge < -0.3 is 4.74 Å². The van der Waals surface area contributed by atoms with Gasteiger partial charge in [0, 0.05) is 28.6 Å². The lowest BCUT2D eigenvalue weighted by Gasteiger charge is -2.21. The van der Waals surface area contributed by atoms with Gasteiger partial charge in [0.1, 0.15) is 5.60 Å². The molecule has 146 valence electrons. The molecular weight excluding hydrogens is 370 g/mol. The number of hydrogen-bond acceptors (Lipinski definition) is 4. The summed E-state index contributed by atoms with van der Waals surface area (Å²) in [6, 6.07) is 11.4. The fourth-order valence-electron chi connectivity index (χ4n) is 2.93. The van der Waals surface area contributed by atoms with Crippen LogP contribution in [0.15, 0.2) is 48.5 Å². The van der Waals surface area contributed by atoms with E-state index < -0.39 is 23.0 Å². The second-order valence-corrected chi connectivity index (χ2v) is 7.23. The van der Waals surface area contributed by atoms with Crippen LogP contribution in [0.1, 0.15) is 32.8 Å². The molecule has 6 nitrogen and oxygen atoms in total. The number of rotatable bonds is 3.